The van der Waals surface area contributed by atoms with Gasteiger partial charge in [0.05, 0.1) is 18.4 Å². The summed E-state index contributed by atoms with van der Waals surface area (Å²) in [6.07, 6.45) is 0.621. The molecule has 0 saturated carbocycles. The highest BCUT2D eigenvalue weighted by atomic mass is 32.2. The van der Waals surface area contributed by atoms with Crippen LogP contribution >= 0.6 is 0 Å². The molecular weight excluding hydrogens is 266 g/mol. The van der Waals surface area contributed by atoms with Gasteiger partial charge in [-0.25, -0.2) is 13.1 Å². The molecule has 0 spiro atoms. The molecule has 1 unspecified atom stereocenters. The summed E-state index contributed by atoms with van der Waals surface area (Å²) in [6.45, 7) is 4.44. The molecule has 6 heteroatoms. The summed E-state index contributed by atoms with van der Waals surface area (Å²) >= 11 is 0. The van der Waals surface area contributed by atoms with Gasteiger partial charge in [-0.15, -0.1) is 0 Å². The molecule has 5 nitrogen and oxygen atoms in total. The Bertz CT molecular complexity index is 542. The summed E-state index contributed by atoms with van der Waals surface area (Å²) in [5, 5.41) is 0. The van der Waals surface area contributed by atoms with Crippen molar-refractivity contribution < 1.29 is 17.9 Å². The molecular formula is C13H19NO4S. The lowest BCUT2D eigenvalue weighted by Gasteiger charge is -2.27. The lowest BCUT2D eigenvalue weighted by atomic mass is 10.0. The molecule has 0 amide bonds. The van der Waals surface area contributed by atoms with Crippen LogP contribution in [-0.4, -0.2) is 33.4 Å². The minimum Gasteiger partial charge on any atom is -0.490 e. The van der Waals surface area contributed by atoms with Gasteiger partial charge in [0.2, 0.25) is 10.0 Å². The average Bonchev–Trinajstić information content (AvgIpc) is 2.39. The number of benzene rings is 1. The molecule has 1 aliphatic rings. The summed E-state index contributed by atoms with van der Waals surface area (Å²) in [6, 6.07) is 5.47. The zero-order valence-electron chi connectivity index (χ0n) is 11.2. The Hall–Kier alpha value is -1.27. The van der Waals surface area contributed by atoms with Crippen LogP contribution in [0.1, 0.15) is 19.4 Å². The molecule has 0 saturated heterocycles. The first kappa shape index (κ1) is 14.1. The minimum atomic E-state index is -3.20. The second-order valence-electron chi connectivity index (χ2n) is 4.41. The number of hydrogen-bond acceptors (Lipinski definition) is 4. The van der Waals surface area contributed by atoms with Gasteiger partial charge < -0.3 is 9.47 Å². The molecule has 2 rings (SSSR count). The third-order valence-corrected chi connectivity index (χ3v) is 4.43. The van der Waals surface area contributed by atoms with Crippen molar-refractivity contribution in [3.8, 4) is 11.5 Å². The van der Waals surface area contributed by atoms with Gasteiger partial charge in [-0.05, 0) is 31.9 Å². The topological polar surface area (TPSA) is 64.6 Å². The molecule has 1 atom stereocenters. The number of ether oxygens (including phenoxy) is 2. The maximum Gasteiger partial charge on any atom is 0.211 e. The third-order valence-electron chi connectivity index (χ3n) is 2.98. The first-order valence-electron chi connectivity index (χ1n) is 6.43. The van der Waals surface area contributed by atoms with E-state index in [2.05, 4.69) is 4.72 Å². The van der Waals surface area contributed by atoms with Crippen molar-refractivity contribution in [1.82, 2.24) is 4.72 Å². The van der Waals surface area contributed by atoms with E-state index >= 15 is 0 Å². The minimum absolute atomic E-state index is 0.0787. The Labute approximate surface area is 114 Å². The van der Waals surface area contributed by atoms with Gasteiger partial charge >= 0.3 is 0 Å². The van der Waals surface area contributed by atoms with Crippen LogP contribution in [0.25, 0.3) is 0 Å². The molecule has 1 N–H and O–H groups in total. The molecule has 1 aromatic rings. The number of rotatable bonds is 5. The lowest BCUT2D eigenvalue weighted by Crippen LogP contribution is -2.43. The third kappa shape index (κ3) is 3.39. The van der Waals surface area contributed by atoms with Crippen molar-refractivity contribution in [1.29, 1.82) is 0 Å². The van der Waals surface area contributed by atoms with Crippen LogP contribution in [0.5, 0.6) is 11.5 Å². The van der Waals surface area contributed by atoms with E-state index in [0.29, 0.717) is 19.6 Å². The van der Waals surface area contributed by atoms with Crippen molar-refractivity contribution in [3.63, 3.8) is 0 Å². The van der Waals surface area contributed by atoms with E-state index in [4.69, 9.17) is 9.47 Å². The monoisotopic (exact) mass is 285 g/mol. The first-order valence-corrected chi connectivity index (χ1v) is 8.08. The fourth-order valence-corrected chi connectivity index (χ4v) is 2.90. The van der Waals surface area contributed by atoms with E-state index in [1.54, 1.807) is 6.92 Å². The summed E-state index contributed by atoms with van der Waals surface area (Å²) in [4.78, 5) is 0. The van der Waals surface area contributed by atoms with Gasteiger partial charge in [0.15, 0.2) is 11.5 Å². The van der Waals surface area contributed by atoms with Crippen LogP contribution < -0.4 is 14.2 Å². The van der Waals surface area contributed by atoms with Gasteiger partial charge in [0, 0.05) is 0 Å². The van der Waals surface area contributed by atoms with Crippen molar-refractivity contribution in [3.05, 3.63) is 23.8 Å². The number of para-hydroxylation sites is 1. The summed E-state index contributed by atoms with van der Waals surface area (Å²) in [5.74, 6) is 1.53. The molecule has 0 bridgehead atoms. The Morgan fingerprint density at radius 2 is 2.21 bits per heavy atom. The maximum absolute atomic E-state index is 11.6. The maximum atomic E-state index is 11.6. The average molecular weight is 285 g/mol. The predicted molar refractivity (Wildman–Crippen MR) is 73.2 cm³/mol. The smallest absolute Gasteiger partial charge is 0.211 e. The van der Waals surface area contributed by atoms with E-state index in [1.807, 2.05) is 25.1 Å². The fourth-order valence-electron chi connectivity index (χ4n) is 2.08. The SMILES string of the molecule is CCOc1cccc2c1OCC(NS(=O)(=O)CC)C2. The van der Waals surface area contributed by atoms with Crippen LogP contribution in [0.4, 0.5) is 0 Å². The largest absolute Gasteiger partial charge is 0.490 e. The standard InChI is InChI=1S/C13H19NO4S/c1-3-17-12-7-5-6-10-8-11(9-18-13(10)12)14-19(15,16)4-2/h5-7,11,14H,3-4,8-9H2,1-2H3. The zero-order chi connectivity index (χ0) is 13.9. The second kappa shape index (κ2) is 5.79. The van der Waals surface area contributed by atoms with Gasteiger partial charge in [-0.1, -0.05) is 12.1 Å². The summed E-state index contributed by atoms with van der Waals surface area (Å²) in [5.41, 5.74) is 0.973. The molecule has 1 aromatic carbocycles. The molecule has 0 radical (unpaired) electrons. The molecule has 106 valence electrons. The molecule has 1 heterocycles. The van der Waals surface area contributed by atoms with Gasteiger partial charge in [0.1, 0.15) is 6.61 Å². The second-order valence-corrected chi connectivity index (χ2v) is 6.45. The van der Waals surface area contributed by atoms with Crippen molar-refractivity contribution in [2.24, 2.45) is 0 Å². The van der Waals surface area contributed by atoms with E-state index in [-0.39, 0.29) is 11.8 Å². The summed E-state index contributed by atoms with van der Waals surface area (Å²) in [7, 11) is -3.20. The number of hydrogen-bond donors (Lipinski definition) is 1. The number of nitrogens with one attached hydrogen (secondary N) is 1. The number of sulfonamides is 1. The van der Waals surface area contributed by atoms with Gasteiger partial charge in [0.25, 0.3) is 0 Å². The Kier molecular flexibility index (Phi) is 4.31. The normalized spacial score (nSPS) is 18.5. The molecule has 0 aliphatic carbocycles. The molecule has 1 aliphatic heterocycles. The highest BCUT2D eigenvalue weighted by molar-refractivity contribution is 7.89. The van der Waals surface area contributed by atoms with E-state index in [9.17, 15) is 8.42 Å². The van der Waals surface area contributed by atoms with Crippen molar-refractivity contribution in [2.45, 2.75) is 26.3 Å². The summed E-state index contributed by atoms with van der Waals surface area (Å²) < 4.78 is 36.9. The first-order chi connectivity index (χ1) is 9.05. The van der Waals surface area contributed by atoms with Crippen LogP contribution in [0.2, 0.25) is 0 Å². The Balaban J connectivity index is 2.14. The van der Waals surface area contributed by atoms with Gasteiger partial charge in [-0.3, -0.25) is 0 Å². The Morgan fingerprint density at radius 3 is 2.89 bits per heavy atom. The molecule has 0 aromatic heterocycles. The van der Waals surface area contributed by atoms with Crippen LogP contribution in [0.15, 0.2) is 18.2 Å². The molecule has 0 fully saturated rings. The quantitative estimate of drug-likeness (QED) is 0.886. The van der Waals surface area contributed by atoms with E-state index in [0.717, 1.165) is 17.1 Å². The van der Waals surface area contributed by atoms with Crippen LogP contribution in [-0.2, 0) is 16.4 Å². The van der Waals surface area contributed by atoms with E-state index < -0.39 is 10.0 Å². The highest BCUT2D eigenvalue weighted by Gasteiger charge is 2.25. The fraction of sp³-hybridized carbons (Fsp3) is 0.538. The lowest BCUT2D eigenvalue weighted by molar-refractivity contribution is 0.233. The highest BCUT2D eigenvalue weighted by Crippen LogP contribution is 2.34. The van der Waals surface area contributed by atoms with Crippen molar-refractivity contribution >= 4 is 10.0 Å². The predicted octanol–water partition coefficient (Wildman–Crippen LogP) is 1.33. The molecule has 19 heavy (non-hydrogen) atoms. The van der Waals surface area contributed by atoms with Crippen LogP contribution in [0, 0.1) is 0 Å². The van der Waals surface area contributed by atoms with Gasteiger partial charge in [-0.2, -0.15) is 0 Å². The Morgan fingerprint density at radius 1 is 1.42 bits per heavy atom. The van der Waals surface area contributed by atoms with E-state index in [1.165, 1.54) is 0 Å². The zero-order valence-corrected chi connectivity index (χ0v) is 12.0. The van der Waals surface area contributed by atoms with Crippen LogP contribution in [0.3, 0.4) is 0 Å². The van der Waals surface area contributed by atoms with Crippen molar-refractivity contribution in [2.75, 3.05) is 19.0 Å². The number of fused-ring (bicyclic) bond motifs is 1.